The Bertz CT molecular complexity index is 201. The maximum atomic E-state index is 10.8. The van der Waals surface area contributed by atoms with E-state index < -0.39 is 12.1 Å². The molecule has 0 bridgehead atoms. The molecule has 4 nitrogen and oxygen atoms in total. The molecular formula is C9H14O4. The minimum atomic E-state index is -1.36. The van der Waals surface area contributed by atoms with E-state index in [1.165, 1.54) is 0 Å². The van der Waals surface area contributed by atoms with Crippen molar-refractivity contribution in [1.29, 1.82) is 0 Å². The molecule has 0 aromatic heterocycles. The van der Waals surface area contributed by atoms with Crippen LogP contribution in [0.15, 0.2) is 0 Å². The monoisotopic (exact) mass is 186 g/mol. The molecule has 0 aromatic carbocycles. The quantitative estimate of drug-likeness (QED) is 0.359. The van der Waals surface area contributed by atoms with Crippen LogP contribution in [0.25, 0.3) is 0 Å². The van der Waals surface area contributed by atoms with E-state index in [1.807, 2.05) is 0 Å². The van der Waals surface area contributed by atoms with E-state index in [0.717, 1.165) is 0 Å². The molecule has 0 heterocycles. The summed E-state index contributed by atoms with van der Waals surface area (Å²) in [6.45, 7) is 1.95. The van der Waals surface area contributed by atoms with Crippen LogP contribution in [0.4, 0.5) is 0 Å². The molecule has 0 saturated heterocycles. The fraction of sp³-hybridized carbons (Fsp3) is 0.667. The Kier molecular flexibility index (Phi) is 6.98. The summed E-state index contributed by atoms with van der Waals surface area (Å²) >= 11 is 0. The highest BCUT2D eigenvalue weighted by Gasteiger charge is 2.11. The lowest BCUT2D eigenvalue weighted by atomic mass is 10.3. The van der Waals surface area contributed by atoms with E-state index in [-0.39, 0.29) is 13.2 Å². The predicted molar refractivity (Wildman–Crippen MR) is 46.7 cm³/mol. The van der Waals surface area contributed by atoms with Crippen LogP contribution in [-0.2, 0) is 9.53 Å². The Morgan fingerprint density at radius 1 is 1.62 bits per heavy atom. The zero-order chi connectivity index (χ0) is 10.1. The van der Waals surface area contributed by atoms with Crippen LogP contribution >= 0.6 is 0 Å². The summed E-state index contributed by atoms with van der Waals surface area (Å²) in [5.74, 6) is 4.16. The number of aliphatic hydroxyl groups is 2. The standard InChI is InChI=1S/C9H14O4/c1-2-13-9(12)8(11)6-4-3-5-7-10/h8,10-11H,2-3,5,7H2,1H3. The number of ether oxygens (including phenoxy) is 1. The third-order valence-electron chi connectivity index (χ3n) is 1.21. The van der Waals surface area contributed by atoms with Gasteiger partial charge in [-0.15, -0.1) is 0 Å². The van der Waals surface area contributed by atoms with Crippen molar-refractivity contribution in [3.8, 4) is 11.8 Å². The van der Waals surface area contributed by atoms with Gasteiger partial charge >= 0.3 is 5.97 Å². The van der Waals surface area contributed by atoms with Crippen LogP contribution in [-0.4, -0.2) is 35.5 Å². The molecule has 0 fully saturated rings. The van der Waals surface area contributed by atoms with E-state index in [4.69, 9.17) is 10.2 Å². The number of unbranched alkanes of at least 4 members (excludes halogenated alkanes) is 1. The molecule has 74 valence electrons. The minimum absolute atomic E-state index is 0.0597. The normalized spacial score (nSPS) is 11.3. The number of carbonyl (C=O) groups is 1. The van der Waals surface area contributed by atoms with Crippen LogP contribution in [0.2, 0.25) is 0 Å². The molecule has 0 saturated carbocycles. The van der Waals surface area contributed by atoms with Gasteiger partial charge in [-0.1, -0.05) is 11.8 Å². The van der Waals surface area contributed by atoms with Crippen molar-refractivity contribution >= 4 is 5.97 Å². The van der Waals surface area contributed by atoms with E-state index in [1.54, 1.807) is 6.92 Å². The van der Waals surface area contributed by atoms with Gasteiger partial charge in [0.25, 0.3) is 0 Å². The first kappa shape index (κ1) is 11.9. The van der Waals surface area contributed by atoms with Gasteiger partial charge in [-0.2, -0.15) is 0 Å². The minimum Gasteiger partial charge on any atom is -0.463 e. The first-order valence-corrected chi connectivity index (χ1v) is 4.16. The van der Waals surface area contributed by atoms with Crippen LogP contribution in [0.1, 0.15) is 19.8 Å². The molecule has 0 aliphatic rings. The molecule has 1 atom stereocenters. The van der Waals surface area contributed by atoms with Crippen molar-refractivity contribution in [2.75, 3.05) is 13.2 Å². The highest BCUT2D eigenvalue weighted by atomic mass is 16.5. The average molecular weight is 186 g/mol. The molecule has 13 heavy (non-hydrogen) atoms. The lowest BCUT2D eigenvalue weighted by Gasteiger charge is -2.01. The Morgan fingerprint density at radius 3 is 2.85 bits per heavy atom. The largest absolute Gasteiger partial charge is 0.463 e. The molecule has 0 spiro atoms. The second-order valence-corrected chi connectivity index (χ2v) is 2.30. The van der Waals surface area contributed by atoms with Gasteiger partial charge in [0.1, 0.15) is 0 Å². The summed E-state index contributed by atoms with van der Waals surface area (Å²) in [6.07, 6.45) is -0.353. The lowest BCUT2D eigenvalue weighted by molar-refractivity contribution is -0.149. The molecule has 4 heteroatoms. The summed E-state index contributed by atoms with van der Waals surface area (Å²) in [4.78, 5) is 10.8. The lowest BCUT2D eigenvalue weighted by Crippen LogP contribution is -2.21. The van der Waals surface area contributed by atoms with Crippen LogP contribution in [0, 0.1) is 11.8 Å². The third-order valence-corrected chi connectivity index (χ3v) is 1.21. The van der Waals surface area contributed by atoms with Gasteiger partial charge in [0.15, 0.2) is 0 Å². The summed E-state index contributed by atoms with van der Waals surface area (Å²) in [5.41, 5.74) is 0. The maximum absolute atomic E-state index is 10.8. The number of esters is 1. The van der Waals surface area contributed by atoms with Gasteiger partial charge in [-0.25, -0.2) is 4.79 Å². The van der Waals surface area contributed by atoms with Crippen molar-refractivity contribution in [2.24, 2.45) is 0 Å². The number of carbonyl (C=O) groups excluding carboxylic acids is 1. The molecule has 0 aromatic rings. The maximum Gasteiger partial charge on any atom is 0.347 e. The highest BCUT2D eigenvalue weighted by molar-refractivity contribution is 5.77. The SMILES string of the molecule is CCOC(=O)C(O)C#CCCCO. The second-order valence-electron chi connectivity index (χ2n) is 2.30. The molecule has 0 aliphatic carbocycles. The molecule has 0 aliphatic heterocycles. The highest BCUT2D eigenvalue weighted by Crippen LogP contribution is 1.88. The molecule has 0 amide bonds. The first-order chi connectivity index (χ1) is 6.22. The van der Waals surface area contributed by atoms with Crippen molar-refractivity contribution in [2.45, 2.75) is 25.9 Å². The number of aliphatic hydroxyl groups excluding tert-OH is 2. The number of hydrogen-bond acceptors (Lipinski definition) is 4. The van der Waals surface area contributed by atoms with Crippen molar-refractivity contribution < 1.29 is 19.7 Å². The number of rotatable bonds is 4. The van der Waals surface area contributed by atoms with E-state index in [0.29, 0.717) is 12.8 Å². The Morgan fingerprint density at radius 2 is 2.31 bits per heavy atom. The second kappa shape index (κ2) is 7.59. The average Bonchev–Trinajstić information content (AvgIpc) is 2.12. The van der Waals surface area contributed by atoms with E-state index in [2.05, 4.69) is 16.6 Å². The summed E-state index contributed by atoms with van der Waals surface area (Å²) in [5, 5.41) is 17.4. The van der Waals surface area contributed by atoms with Crippen molar-refractivity contribution in [3.05, 3.63) is 0 Å². The topological polar surface area (TPSA) is 66.8 Å². The van der Waals surface area contributed by atoms with Crippen LogP contribution in [0.5, 0.6) is 0 Å². The van der Waals surface area contributed by atoms with Crippen molar-refractivity contribution in [3.63, 3.8) is 0 Å². The molecule has 2 N–H and O–H groups in total. The molecular weight excluding hydrogens is 172 g/mol. The zero-order valence-corrected chi connectivity index (χ0v) is 7.62. The summed E-state index contributed by atoms with van der Waals surface area (Å²) < 4.78 is 4.52. The summed E-state index contributed by atoms with van der Waals surface area (Å²) in [6, 6.07) is 0. The zero-order valence-electron chi connectivity index (χ0n) is 7.62. The van der Waals surface area contributed by atoms with Gasteiger partial charge in [0.05, 0.1) is 6.61 Å². The Hall–Kier alpha value is -1.05. The predicted octanol–water partition coefficient (Wildman–Crippen LogP) is -0.314. The number of hydrogen-bond donors (Lipinski definition) is 2. The van der Waals surface area contributed by atoms with Gasteiger partial charge in [0.2, 0.25) is 6.10 Å². The van der Waals surface area contributed by atoms with E-state index >= 15 is 0 Å². The molecule has 1 unspecified atom stereocenters. The fourth-order valence-electron chi connectivity index (χ4n) is 0.616. The smallest absolute Gasteiger partial charge is 0.347 e. The first-order valence-electron chi connectivity index (χ1n) is 4.16. The summed E-state index contributed by atoms with van der Waals surface area (Å²) in [7, 11) is 0. The Labute approximate surface area is 77.5 Å². The Balaban J connectivity index is 3.74. The molecule has 0 rings (SSSR count). The fourth-order valence-corrected chi connectivity index (χ4v) is 0.616. The van der Waals surface area contributed by atoms with E-state index in [9.17, 15) is 4.79 Å². The van der Waals surface area contributed by atoms with Crippen molar-refractivity contribution in [1.82, 2.24) is 0 Å². The van der Waals surface area contributed by atoms with Gasteiger partial charge in [0, 0.05) is 13.0 Å². The van der Waals surface area contributed by atoms with Crippen LogP contribution in [0.3, 0.4) is 0 Å². The molecule has 0 radical (unpaired) electrons. The van der Waals surface area contributed by atoms with Gasteiger partial charge in [-0.05, 0) is 13.3 Å². The van der Waals surface area contributed by atoms with Crippen LogP contribution < -0.4 is 0 Å². The van der Waals surface area contributed by atoms with Gasteiger partial charge < -0.3 is 14.9 Å². The third kappa shape index (κ3) is 6.14. The van der Waals surface area contributed by atoms with Gasteiger partial charge in [-0.3, -0.25) is 0 Å².